The first kappa shape index (κ1) is 11.3. The van der Waals surface area contributed by atoms with Crippen molar-refractivity contribution >= 4 is 34.4 Å². The van der Waals surface area contributed by atoms with Gasteiger partial charge in [-0.25, -0.2) is 0 Å². The van der Waals surface area contributed by atoms with Crippen molar-refractivity contribution in [3.8, 4) is 0 Å². The van der Waals surface area contributed by atoms with Crippen LogP contribution in [-0.4, -0.2) is 15.4 Å². The van der Waals surface area contributed by atoms with Crippen molar-refractivity contribution in [2.24, 2.45) is 0 Å². The number of rotatable bonds is 1. The van der Waals surface area contributed by atoms with Gasteiger partial charge in [0.25, 0.3) is 0 Å². The van der Waals surface area contributed by atoms with Crippen molar-refractivity contribution < 1.29 is 0 Å². The Kier molecular flexibility index (Phi) is 2.53. The number of nitrogens with one attached hydrogen (secondary N) is 1. The number of halogens is 1. The molecule has 1 aliphatic rings. The summed E-state index contributed by atoms with van der Waals surface area (Å²) >= 11 is 7.97. The summed E-state index contributed by atoms with van der Waals surface area (Å²) in [6.07, 6.45) is 0. The molecule has 1 aliphatic heterocycles. The van der Waals surface area contributed by atoms with Crippen LogP contribution in [0.3, 0.4) is 0 Å². The standard InChI is InChI=1S/C14H10ClN3S/c15-9-4-5-10-8(6-9)7-19-14(10)11-2-1-3-12-13(11)17-18-16-12/h1-6,14H,7H2,(H,16,17,18). The quantitative estimate of drug-likeness (QED) is 0.737. The zero-order chi connectivity index (χ0) is 12.8. The number of thioether (sulfide) groups is 1. The van der Waals surface area contributed by atoms with Crippen molar-refractivity contribution in [2.45, 2.75) is 11.0 Å². The number of H-pyrrole nitrogens is 1. The molecule has 0 radical (unpaired) electrons. The van der Waals surface area contributed by atoms with E-state index in [-0.39, 0.29) is 0 Å². The zero-order valence-corrected chi connectivity index (χ0v) is 11.5. The molecule has 0 spiro atoms. The average Bonchev–Trinajstić information content (AvgIpc) is 3.03. The van der Waals surface area contributed by atoms with E-state index in [0.717, 1.165) is 21.8 Å². The predicted molar refractivity (Wildman–Crippen MR) is 78.5 cm³/mol. The third-order valence-electron chi connectivity index (χ3n) is 3.45. The topological polar surface area (TPSA) is 41.6 Å². The highest BCUT2D eigenvalue weighted by Crippen LogP contribution is 2.47. The van der Waals surface area contributed by atoms with Crippen LogP contribution in [0.1, 0.15) is 21.9 Å². The molecule has 0 fully saturated rings. The van der Waals surface area contributed by atoms with E-state index in [1.54, 1.807) is 0 Å². The van der Waals surface area contributed by atoms with Crippen molar-refractivity contribution in [2.75, 3.05) is 0 Å². The number of nitrogens with zero attached hydrogens (tertiary/aromatic N) is 2. The van der Waals surface area contributed by atoms with Gasteiger partial charge in [-0.15, -0.1) is 11.8 Å². The fraction of sp³-hybridized carbons (Fsp3) is 0.143. The SMILES string of the molecule is Clc1ccc2c(c1)CSC2c1cccc2n[nH]nc12. The first-order valence-electron chi connectivity index (χ1n) is 6.02. The summed E-state index contributed by atoms with van der Waals surface area (Å²) in [4.78, 5) is 0. The molecule has 2 heterocycles. The third kappa shape index (κ3) is 1.75. The second kappa shape index (κ2) is 4.25. The number of para-hydroxylation sites is 1. The van der Waals surface area contributed by atoms with Gasteiger partial charge in [0.15, 0.2) is 0 Å². The van der Waals surface area contributed by atoms with Gasteiger partial charge in [0.05, 0.1) is 5.25 Å². The lowest BCUT2D eigenvalue weighted by Gasteiger charge is -2.11. The maximum Gasteiger partial charge on any atom is 0.117 e. The molecule has 1 unspecified atom stereocenters. The molecule has 5 heteroatoms. The summed E-state index contributed by atoms with van der Waals surface area (Å²) in [5, 5.41) is 12.3. The molecule has 19 heavy (non-hydrogen) atoms. The summed E-state index contributed by atoms with van der Waals surface area (Å²) in [7, 11) is 0. The smallest absolute Gasteiger partial charge is 0.117 e. The van der Waals surface area contributed by atoms with Gasteiger partial charge < -0.3 is 0 Å². The van der Waals surface area contributed by atoms with Crippen LogP contribution in [-0.2, 0) is 5.75 Å². The minimum atomic E-state index is 0.320. The molecule has 2 aromatic carbocycles. The summed E-state index contributed by atoms with van der Waals surface area (Å²) < 4.78 is 0. The van der Waals surface area contributed by atoms with Crippen LogP contribution in [0.2, 0.25) is 5.02 Å². The van der Waals surface area contributed by atoms with E-state index in [0.29, 0.717) is 5.25 Å². The lowest BCUT2D eigenvalue weighted by molar-refractivity contribution is 0.956. The van der Waals surface area contributed by atoms with Crippen LogP contribution in [0.5, 0.6) is 0 Å². The zero-order valence-electron chi connectivity index (χ0n) is 9.93. The van der Waals surface area contributed by atoms with Crippen LogP contribution < -0.4 is 0 Å². The summed E-state index contributed by atoms with van der Waals surface area (Å²) in [5.41, 5.74) is 5.76. The van der Waals surface area contributed by atoms with E-state index in [1.807, 2.05) is 30.0 Å². The Balaban J connectivity index is 1.89. The molecule has 0 bridgehead atoms. The fourth-order valence-corrected chi connectivity index (χ4v) is 4.15. The third-order valence-corrected chi connectivity index (χ3v) is 5.01. The van der Waals surface area contributed by atoms with Crippen LogP contribution >= 0.6 is 23.4 Å². The maximum atomic E-state index is 6.06. The summed E-state index contributed by atoms with van der Waals surface area (Å²) in [5.74, 6) is 0.995. The largest absolute Gasteiger partial charge is 0.197 e. The Labute approximate surface area is 119 Å². The van der Waals surface area contributed by atoms with Crippen LogP contribution in [0.15, 0.2) is 36.4 Å². The molecule has 1 N–H and O–H groups in total. The van der Waals surface area contributed by atoms with E-state index in [9.17, 15) is 0 Å². The Morgan fingerprint density at radius 1 is 1.16 bits per heavy atom. The molecule has 1 atom stereocenters. The monoisotopic (exact) mass is 287 g/mol. The molecule has 0 saturated carbocycles. The summed E-state index contributed by atoms with van der Waals surface area (Å²) in [6.45, 7) is 0. The van der Waals surface area contributed by atoms with E-state index in [2.05, 4.69) is 33.6 Å². The van der Waals surface area contributed by atoms with E-state index < -0.39 is 0 Å². The first-order chi connectivity index (χ1) is 9.33. The first-order valence-corrected chi connectivity index (χ1v) is 7.45. The van der Waals surface area contributed by atoms with Crippen LogP contribution in [0, 0.1) is 0 Å². The average molecular weight is 288 g/mol. The van der Waals surface area contributed by atoms with Gasteiger partial charge in [0, 0.05) is 10.8 Å². The van der Waals surface area contributed by atoms with Crippen molar-refractivity contribution in [1.82, 2.24) is 15.4 Å². The Morgan fingerprint density at radius 3 is 3.05 bits per heavy atom. The second-order valence-corrected chi connectivity index (χ2v) is 6.10. The van der Waals surface area contributed by atoms with Crippen molar-refractivity contribution in [1.29, 1.82) is 0 Å². The molecule has 4 rings (SSSR count). The molecular weight excluding hydrogens is 278 g/mol. The molecule has 3 aromatic rings. The van der Waals surface area contributed by atoms with Crippen molar-refractivity contribution in [3.05, 3.63) is 58.1 Å². The van der Waals surface area contributed by atoms with Crippen LogP contribution in [0.25, 0.3) is 11.0 Å². The van der Waals surface area contributed by atoms with Gasteiger partial charge in [0.1, 0.15) is 11.0 Å². The number of hydrogen-bond acceptors (Lipinski definition) is 3. The fourth-order valence-electron chi connectivity index (χ4n) is 2.58. The molecule has 0 amide bonds. The van der Waals surface area contributed by atoms with E-state index in [4.69, 9.17) is 11.6 Å². The van der Waals surface area contributed by atoms with Gasteiger partial charge in [-0.1, -0.05) is 29.8 Å². The highest BCUT2D eigenvalue weighted by atomic mass is 35.5. The Hall–Kier alpha value is -1.52. The van der Waals surface area contributed by atoms with Gasteiger partial charge in [0.2, 0.25) is 0 Å². The minimum absolute atomic E-state index is 0.320. The van der Waals surface area contributed by atoms with E-state index in [1.165, 1.54) is 16.7 Å². The lowest BCUT2D eigenvalue weighted by atomic mass is 9.99. The molecule has 3 nitrogen and oxygen atoms in total. The van der Waals surface area contributed by atoms with Gasteiger partial charge in [-0.3, -0.25) is 0 Å². The van der Waals surface area contributed by atoms with E-state index >= 15 is 0 Å². The highest BCUT2D eigenvalue weighted by molar-refractivity contribution is 7.99. The molecule has 1 aromatic heterocycles. The normalized spacial score (nSPS) is 17.8. The highest BCUT2D eigenvalue weighted by Gasteiger charge is 2.26. The number of aromatic nitrogens is 3. The molecular formula is C14H10ClN3S. The lowest BCUT2D eigenvalue weighted by Crippen LogP contribution is -1.94. The molecule has 0 aliphatic carbocycles. The molecule has 94 valence electrons. The number of benzene rings is 2. The van der Waals surface area contributed by atoms with Gasteiger partial charge >= 0.3 is 0 Å². The second-order valence-electron chi connectivity index (χ2n) is 4.57. The number of hydrogen-bond donors (Lipinski definition) is 1. The minimum Gasteiger partial charge on any atom is -0.197 e. The summed E-state index contributed by atoms with van der Waals surface area (Å²) in [6, 6.07) is 12.3. The Bertz CT molecular complexity index is 768. The van der Waals surface area contributed by atoms with Crippen molar-refractivity contribution in [3.63, 3.8) is 0 Å². The number of fused-ring (bicyclic) bond motifs is 2. The van der Waals surface area contributed by atoms with Gasteiger partial charge in [-0.05, 0) is 34.9 Å². The van der Waals surface area contributed by atoms with Gasteiger partial charge in [-0.2, -0.15) is 15.4 Å². The Morgan fingerprint density at radius 2 is 2.11 bits per heavy atom. The molecule has 0 saturated heterocycles. The maximum absolute atomic E-state index is 6.06. The van der Waals surface area contributed by atoms with Crippen LogP contribution in [0.4, 0.5) is 0 Å². The predicted octanol–water partition coefficient (Wildman–Crippen LogP) is 3.95. The number of aromatic amines is 1.